The van der Waals surface area contributed by atoms with E-state index in [1.807, 2.05) is 13.8 Å². The van der Waals surface area contributed by atoms with Gasteiger partial charge >= 0.3 is 5.97 Å². The molecule has 3 rings (SSSR count). The van der Waals surface area contributed by atoms with Gasteiger partial charge in [0.25, 0.3) is 11.8 Å². The van der Waals surface area contributed by atoms with Crippen LogP contribution in [0.1, 0.15) is 51.4 Å². The number of benzene rings is 1. The maximum Gasteiger partial charge on any atom is 0.339 e. The fraction of sp³-hybridized carbons (Fsp3) is 0.294. The number of thiazole rings is 1. The first kappa shape index (κ1) is 17.2. The molecule has 0 spiro atoms. The van der Waals surface area contributed by atoms with Crippen LogP contribution in [0.25, 0.3) is 0 Å². The lowest BCUT2D eigenvalue weighted by Gasteiger charge is -2.12. The van der Waals surface area contributed by atoms with Gasteiger partial charge < -0.3 is 9.57 Å². The number of amides is 2. The molecule has 0 saturated carbocycles. The lowest BCUT2D eigenvalue weighted by atomic mass is 10.1. The second-order valence-corrected chi connectivity index (χ2v) is 6.25. The molecule has 2 heterocycles. The van der Waals surface area contributed by atoms with E-state index < -0.39 is 17.8 Å². The number of carbonyl (C=O) groups excluding carboxylic acids is 3. The van der Waals surface area contributed by atoms with Gasteiger partial charge in [-0.1, -0.05) is 17.2 Å². The van der Waals surface area contributed by atoms with Crippen molar-refractivity contribution in [3.8, 4) is 0 Å². The largest absolute Gasteiger partial charge is 0.372 e. The third-order valence-corrected chi connectivity index (χ3v) is 4.66. The predicted octanol–water partition coefficient (Wildman–Crippen LogP) is 2.54. The summed E-state index contributed by atoms with van der Waals surface area (Å²) >= 11 is 1.38. The van der Waals surface area contributed by atoms with Crippen molar-refractivity contribution < 1.29 is 24.0 Å². The Labute approximate surface area is 148 Å². The maximum absolute atomic E-state index is 12.2. The van der Waals surface area contributed by atoms with E-state index in [2.05, 4.69) is 4.98 Å². The molecule has 25 heavy (non-hydrogen) atoms. The number of hydroxylamine groups is 2. The van der Waals surface area contributed by atoms with Crippen molar-refractivity contribution in [2.24, 2.45) is 0 Å². The van der Waals surface area contributed by atoms with E-state index in [-0.39, 0.29) is 23.7 Å². The van der Waals surface area contributed by atoms with E-state index in [0.717, 1.165) is 5.01 Å². The zero-order valence-corrected chi connectivity index (χ0v) is 14.5. The monoisotopic (exact) mass is 360 g/mol. The number of nitrogens with zero attached hydrogens (tertiary/aromatic N) is 2. The van der Waals surface area contributed by atoms with E-state index in [0.29, 0.717) is 17.4 Å². The van der Waals surface area contributed by atoms with Crippen molar-refractivity contribution in [3.05, 3.63) is 51.5 Å². The Morgan fingerprint density at radius 2 is 1.88 bits per heavy atom. The van der Waals surface area contributed by atoms with Gasteiger partial charge in [-0.3, -0.25) is 9.59 Å². The van der Waals surface area contributed by atoms with Crippen molar-refractivity contribution in [2.45, 2.75) is 26.4 Å². The van der Waals surface area contributed by atoms with Gasteiger partial charge in [0.1, 0.15) is 11.1 Å². The topological polar surface area (TPSA) is 85.8 Å². The number of hydrogen-bond acceptors (Lipinski definition) is 7. The molecule has 8 heteroatoms. The highest BCUT2D eigenvalue weighted by atomic mass is 32.1. The molecule has 0 fully saturated rings. The Hall–Kier alpha value is -2.58. The number of carbonyl (C=O) groups is 3. The quantitative estimate of drug-likeness (QED) is 0.736. The molecule has 1 aromatic heterocycles. The molecule has 0 radical (unpaired) electrons. The molecule has 2 aromatic rings. The summed E-state index contributed by atoms with van der Waals surface area (Å²) in [6.07, 6.45) is -0.293. The highest BCUT2D eigenvalue weighted by Crippen LogP contribution is 2.24. The molecule has 0 bridgehead atoms. The summed E-state index contributed by atoms with van der Waals surface area (Å²) in [6, 6.07) is 6.33. The Morgan fingerprint density at radius 3 is 2.48 bits per heavy atom. The molecule has 7 nitrogen and oxygen atoms in total. The van der Waals surface area contributed by atoms with Crippen molar-refractivity contribution in [2.75, 3.05) is 6.61 Å². The number of hydrogen-bond donors (Lipinski definition) is 0. The molecule has 1 aromatic carbocycles. The molecule has 1 aliphatic heterocycles. The summed E-state index contributed by atoms with van der Waals surface area (Å²) in [4.78, 5) is 45.7. The van der Waals surface area contributed by atoms with Crippen LogP contribution in [0.2, 0.25) is 0 Å². The SMILES string of the molecule is CCOC(C)c1nc(CC(=O)ON2C(=O)c3ccccc3C2=O)cs1. The van der Waals surface area contributed by atoms with E-state index in [1.54, 1.807) is 17.5 Å². The van der Waals surface area contributed by atoms with Gasteiger partial charge in [-0.15, -0.1) is 11.3 Å². The van der Waals surface area contributed by atoms with Crippen LogP contribution in [0.3, 0.4) is 0 Å². The van der Waals surface area contributed by atoms with E-state index in [4.69, 9.17) is 9.57 Å². The summed E-state index contributed by atoms with van der Waals surface area (Å²) < 4.78 is 5.45. The summed E-state index contributed by atoms with van der Waals surface area (Å²) in [5, 5.41) is 2.99. The average Bonchev–Trinajstić information content (AvgIpc) is 3.15. The smallest absolute Gasteiger partial charge is 0.339 e. The lowest BCUT2D eigenvalue weighted by Crippen LogP contribution is -2.33. The van der Waals surface area contributed by atoms with Gasteiger partial charge in [-0.2, -0.15) is 0 Å². The Morgan fingerprint density at radius 1 is 1.24 bits per heavy atom. The summed E-state index contributed by atoms with van der Waals surface area (Å²) in [5.74, 6) is -2.01. The van der Waals surface area contributed by atoms with Gasteiger partial charge in [0.05, 0.1) is 23.2 Å². The predicted molar refractivity (Wildman–Crippen MR) is 88.9 cm³/mol. The molecule has 2 amide bonds. The standard InChI is InChI=1S/C17H16N2O5S/c1-3-23-10(2)15-18-11(9-25-15)8-14(20)24-19-16(21)12-6-4-5-7-13(12)17(19)22/h4-7,9-10H,3,8H2,1-2H3. The van der Waals surface area contributed by atoms with Gasteiger partial charge in [0.2, 0.25) is 0 Å². The van der Waals surface area contributed by atoms with Crippen LogP contribution in [0.5, 0.6) is 0 Å². The summed E-state index contributed by atoms with van der Waals surface area (Å²) in [5.41, 5.74) is 0.955. The third-order valence-electron chi connectivity index (χ3n) is 3.61. The second-order valence-electron chi connectivity index (χ2n) is 5.36. The van der Waals surface area contributed by atoms with Crippen LogP contribution in [0.15, 0.2) is 29.6 Å². The highest BCUT2D eigenvalue weighted by molar-refractivity contribution is 7.09. The van der Waals surface area contributed by atoms with Crippen molar-refractivity contribution in [1.29, 1.82) is 0 Å². The van der Waals surface area contributed by atoms with Crippen molar-refractivity contribution in [3.63, 3.8) is 0 Å². The number of imide groups is 1. The van der Waals surface area contributed by atoms with Crippen LogP contribution in [-0.4, -0.2) is 34.4 Å². The Kier molecular flexibility index (Phi) is 4.91. The zero-order chi connectivity index (χ0) is 18.0. The molecule has 0 N–H and O–H groups in total. The second kappa shape index (κ2) is 7.12. The first-order chi connectivity index (χ1) is 12.0. The fourth-order valence-corrected chi connectivity index (χ4v) is 3.27. The molecule has 130 valence electrons. The Bertz CT molecular complexity index is 797. The van der Waals surface area contributed by atoms with Crippen LogP contribution in [-0.2, 0) is 20.8 Å². The van der Waals surface area contributed by atoms with Crippen LogP contribution < -0.4 is 0 Å². The van der Waals surface area contributed by atoms with E-state index in [9.17, 15) is 14.4 Å². The van der Waals surface area contributed by atoms with E-state index in [1.165, 1.54) is 23.5 Å². The third kappa shape index (κ3) is 3.45. The lowest BCUT2D eigenvalue weighted by molar-refractivity contribution is -0.167. The highest BCUT2D eigenvalue weighted by Gasteiger charge is 2.38. The van der Waals surface area contributed by atoms with Crippen molar-refractivity contribution >= 4 is 29.1 Å². The van der Waals surface area contributed by atoms with Crippen LogP contribution in [0.4, 0.5) is 0 Å². The number of fused-ring (bicyclic) bond motifs is 1. The van der Waals surface area contributed by atoms with Crippen molar-refractivity contribution in [1.82, 2.24) is 10.0 Å². The number of ether oxygens (including phenoxy) is 1. The molecule has 1 unspecified atom stereocenters. The van der Waals surface area contributed by atoms with Gasteiger partial charge in [0.15, 0.2) is 0 Å². The van der Waals surface area contributed by atoms with E-state index >= 15 is 0 Å². The first-order valence-electron chi connectivity index (χ1n) is 7.75. The molecule has 0 aliphatic carbocycles. The fourth-order valence-electron chi connectivity index (χ4n) is 2.44. The minimum Gasteiger partial charge on any atom is -0.372 e. The van der Waals surface area contributed by atoms with Gasteiger partial charge in [-0.25, -0.2) is 9.78 Å². The number of rotatable bonds is 6. The number of aromatic nitrogens is 1. The minimum absolute atomic E-state index is 0.136. The minimum atomic E-state index is -0.726. The first-order valence-corrected chi connectivity index (χ1v) is 8.63. The molecular weight excluding hydrogens is 344 g/mol. The van der Waals surface area contributed by atoms with Gasteiger partial charge in [-0.05, 0) is 26.0 Å². The van der Waals surface area contributed by atoms with Gasteiger partial charge in [0, 0.05) is 12.0 Å². The zero-order valence-electron chi connectivity index (χ0n) is 13.7. The van der Waals surface area contributed by atoms with Crippen LogP contribution >= 0.6 is 11.3 Å². The summed E-state index contributed by atoms with van der Waals surface area (Å²) in [7, 11) is 0. The summed E-state index contributed by atoms with van der Waals surface area (Å²) in [6.45, 7) is 4.34. The molecule has 1 atom stereocenters. The Balaban J connectivity index is 1.64. The normalized spacial score (nSPS) is 14.6. The molecule has 0 saturated heterocycles. The maximum atomic E-state index is 12.2. The molecule has 1 aliphatic rings. The van der Waals surface area contributed by atoms with Crippen LogP contribution in [0, 0.1) is 0 Å². The molecular formula is C17H16N2O5S. The average molecular weight is 360 g/mol.